The summed E-state index contributed by atoms with van der Waals surface area (Å²) < 4.78 is 5.36. The Bertz CT molecular complexity index is 440. The predicted octanol–water partition coefficient (Wildman–Crippen LogP) is 2.08. The SMILES string of the molecule is CC(C)C(C=O)c1cc(C2CC3(CNC3)C2)no1. The van der Waals surface area contributed by atoms with Crippen LogP contribution in [-0.4, -0.2) is 24.5 Å². The van der Waals surface area contributed by atoms with Gasteiger partial charge in [-0.25, -0.2) is 0 Å². The summed E-state index contributed by atoms with van der Waals surface area (Å²) in [5.74, 6) is 1.35. The van der Waals surface area contributed by atoms with Gasteiger partial charge in [-0.3, -0.25) is 0 Å². The summed E-state index contributed by atoms with van der Waals surface area (Å²) >= 11 is 0. The highest BCUT2D eigenvalue weighted by molar-refractivity contribution is 5.61. The predicted molar refractivity (Wildman–Crippen MR) is 67.4 cm³/mol. The van der Waals surface area contributed by atoms with Crippen molar-refractivity contribution in [1.82, 2.24) is 10.5 Å². The van der Waals surface area contributed by atoms with Crippen molar-refractivity contribution in [2.45, 2.75) is 38.5 Å². The molecule has 4 nitrogen and oxygen atoms in total. The fourth-order valence-electron chi connectivity index (χ4n) is 3.17. The highest BCUT2D eigenvalue weighted by atomic mass is 16.5. The molecule has 2 aliphatic rings. The molecule has 4 heteroatoms. The van der Waals surface area contributed by atoms with Crippen LogP contribution >= 0.6 is 0 Å². The average Bonchev–Trinajstić information content (AvgIpc) is 2.63. The summed E-state index contributed by atoms with van der Waals surface area (Å²) in [5, 5.41) is 7.49. The van der Waals surface area contributed by atoms with Crippen molar-refractivity contribution in [3.05, 3.63) is 17.5 Å². The zero-order chi connectivity index (χ0) is 12.8. The van der Waals surface area contributed by atoms with Gasteiger partial charge in [-0.05, 0) is 24.2 Å². The molecule has 1 aliphatic carbocycles. The van der Waals surface area contributed by atoms with Crippen LogP contribution in [0.15, 0.2) is 10.6 Å². The number of hydrogen-bond acceptors (Lipinski definition) is 4. The second kappa shape index (κ2) is 4.19. The quantitative estimate of drug-likeness (QED) is 0.829. The first kappa shape index (κ1) is 11.9. The van der Waals surface area contributed by atoms with E-state index in [0.717, 1.165) is 30.8 Å². The van der Waals surface area contributed by atoms with E-state index >= 15 is 0 Å². The van der Waals surface area contributed by atoms with E-state index in [-0.39, 0.29) is 11.8 Å². The molecule has 18 heavy (non-hydrogen) atoms. The minimum absolute atomic E-state index is 0.161. The van der Waals surface area contributed by atoms with Gasteiger partial charge in [-0.2, -0.15) is 0 Å². The molecular weight excluding hydrogens is 228 g/mol. The Kier molecular flexibility index (Phi) is 2.77. The summed E-state index contributed by atoms with van der Waals surface area (Å²) in [6.07, 6.45) is 3.38. The van der Waals surface area contributed by atoms with Crippen LogP contribution in [0.3, 0.4) is 0 Å². The van der Waals surface area contributed by atoms with E-state index in [1.165, 1.54) is 12.8 Å². The van der Waals surface area contributed by atoms with Crippen LogP contribution in [0.5, 0.6) is 0 Å². The number of hydrogen-bond donors (Lipinski definition) is 1. The van der Waals surface area contributed by atoms with E-state index in [9.17, 15) is 4.79 Å². The summed E-state index contributed by atoms with van der Waals surface area (Å²) in [6, 6.07) is 1.99. The summed E-state index contributed by atoms with van der Waals surface area (Å²) in [6.45, 7) is 6.35. The van der Waals surface area contributed by atoms with Crippen LogP contribution in [0.4, 0.5) is 0 Å². The van der Waals surface area contributed by atoms with Gasteiger partial charge in [-0.1, -0.05) is 19.0 Å². The average molecular weight is 248 g/mol. The number of rotatable bonds is 4. The van der Waals surface area contributed by atoms with Crippen molar-refractivity contribution in [2.24, 2.45) is 11.3 Å². The lowest BCUT2D eigenvalue weighted by Gasteiger charge is -2.53. The Morgan fingerprint density at radius 1 is 1.50 bits per heavy atom. The van der Waals surface area contributed by atoms with Crippen molar-refractivity contribution in [3.8, 4) is 0 Å². The number of nitrogens with one attached hydrogen (secondary N) is 1. The van der Waals surface area contributed by atoms with Crippen LogP contribution in [0.2, 0.25) is 0 Å². The molecule has 1 atom stereocenters. The van der Waals surface area contributed by atoms with Gasteiger partial charge in [0.25, 0.3) is 0 Å². The maximum Gasteiger partial charge on any atom is 0.147 e. The monoisotopic (exact) mass is 248 g/mol. The molecule has 1 spiro atoms. The van der Waals surface area contributed by atoms with Gasteiger partial charge in [0.15, 0.2) is 0 Å². The molecule has 0 amide bonds. The normalized spacial score (nSPS) is 23.7. The van der Waals surface area contributed by atoms with Gasteiger partial charge in [0.2, 0.25) is 0 Å². The molecule has 1 saturated heterocycles. The van der Waals surface area contributed by atoms with Crippen molar-refractivity contribution in [2.75, 3.05) is 13.1 Å². The molecule has 1 unspecified atom stereocenters. The molecule has 1 aromatic rings. The Labute approximate surface area is 107 Å². The highest BCUT2D eigenvalue weighted by Crippen LogP contribution is 2.53. The maximum atomic E-state index is 11.1. The minimum atomic E-state index is -0.161. The summed E-state index contributed by atoms with van der Waals surface area (Å²) in [4.78, 5) is 11.1. The van der Waals surface area contributed by atoms with Crippen molar-refractivity contribution in [3.63, 3.8) is 0 Å². The van der Waals surface area contributed by atoms with E-state index in [1.807, 2.05) is 19.9 Å². The minimum Gasteiger partial charge on any atom is -0.360 e. The molecule has 2 fully saturated rings. The Balaban J connectivity index is 1.68. The largest absolute Gasteiger partial charge is 0.360 e. The summed E-state index contributed by atoms with van der Waals surface area (Å²) in [5.41, 5.74) is 1.58. The van der Waals surface area contributed by atoms with Gasteiger partial charge >= 0.3 is 0 Å². The van der Waals surface area contributed by atoms with E-state index < -0.39 is 0 Å². The molecule has 0 radical (unpaired) electrons. The fraction of sp³-hybridized carbons (Fsp3) is 0.714. The van der Waals surface area contributed by atoms with Gasteiger partial charge < -0.3 is 14.6 Å². The number of nitrogens with zero attached hydrogens (tertiary/aromatic N) is 1. The van der Waals surface area contributed by atoms with Crippen LogP contribution in [0.25, 0.3) is 0 Å². The van der Waals surface area contributed by atoms with Crippen LogP contribution < -0.4 is 5.32 Å². The first-order valence-electron chi connectivity index (χ1n) is 6.76. The maximum absolute atomic E-state index is 11.1. The third kappa shape index (κ3) is 1.79. The molecule has 0 aromatic carbocycles. The number of aldehydes is 1. The fourth-order valence-corrected chi connectivity index (χ4v) is 3.17. The zero-order valence-corrected chi connectivity index (χ0v) is 11.0. The second-order valence-electron chi connectivity index (χ2n) is 6.27. The number of carbonyl (C=O) groups is 1. The lowest BCUT2D eigenvalue weighted by atomic mass is 9.58. The van der Waals surface area contributed by atoms with E-state index in [1.54, 1.807) is 0 Å². The summed E-state index contributed by atoms with van der Waals surface area (Å²) in [7, 11) is 0. The third-order valence-corrected chi connectivity index (χ3v) is 4.52. The zero-order valence-electron chi connectivity index (χ0n) is 11.0. The molecule has 1 aromatic heterocycles. The number of aromatic nitrogens is 1. The Hall–Kier alpha value is -1.16. The van der Waals surface area contributed by atoms with Crippen molar-refractivity contribution in [1.29, 1.82) is 0 Å². The lowest BCUT2D eigenvalue weighted by molar-refractivity contribution is -0.110. The molecule has 3 rings (SSSR count). The standard InChI is InChI=1S/C14H20N2O2/c1-9(2)11(6-17)13-3-12(16-18-13)10-4-14(5-10)7-15-8-14/h3,6,9-11,15H,4-5,7-8H2,1-2H3. The molecular formula is C14H20N2O2. The van der Waals surface area contributed by atoms with Crippen molar-refractivity contribution >= 4 is 6.29 Å². The van der Waals surface area contributed by atoms with Gasteiger partial charge in [0.1, 0.15) is 12.0 Å². The molecule has 1 aliphatic heterocycles. The van der Waals surface area contributed by atoms with Crippen molar-refractivity contribution < 1.29 is 9.32 Å². The molecule has 0 bridgehead atoms. The van der Waals surface area contributed by atoms with Gasteiger partial charge in [0, 0.05) is 25.1 Å². The molecule has 1 saturated carbocycles. The Morgan fingerprint density at radius 2 is 2.22 bits per heavy atom. The van der Waals surface area contributed by atoms with Crippen LogP contribution in [0, 0.1) is 11.3 Å². The van der Waals surface area contributed by atoms with Gasteiger partial charge in [-0.15, -0.1) is 0 Å². The van der Waals surface area contributed by atoms with E-state index in [4.69, 9.17) is 4.52 Å². The third-order valence-electron chi connectivity index (χ3n) is 4.52. The van der Waals surface area contributed by atoms with Gasteiger partial charge in [0.05, 0.1) is 11.6 Å². The molecule has 2 heterocycles. The van der Waals surface area contributed by atoms with Crippen LogP contribution in [0.1, 0.15) is 50.0 Å². The van der Waals surface area contributed by atoms with Crippen LogP contribution in [-0.2, 0) is 4.79 Å². The number of carbonyl (C=O) groups excluding carboxylic acids is 1. The Morgan fingerprint density at radius 3 is 2.72 bits per heavy atom. The lowest BCUT2D eigenvalue weighted by Crippen LogP contribution is -2.59. The first-order valence-corrected chi connectivity index (χ1v) is 6.76. The first-order chi connectivity index (χ1) is 8.63. The van der Waals surface area contributed by atoms with E-state index in [2.05, 4.69) is 10.5 Å². The smallest absolute Gasteiger partial charge is 0.147 e. The molecule has 98 valence electrons. The molecule has 1 N–H and O–H groups in total. The second-order valence-corrected chi connectivity index (χ2v) is 6.27. The van der Waals surface area contributed by atoms with E-state index in [0.29, 0.717) is 11.3 Å². The topological polar surface area (TPSA) is 55.1 Å². The highest BCUT2D eigenvalue weighted by Gasteiger charge is 2.49.